The summed E-state index contributed by atoms with van der Waals surface area (Å²) in [5.74, 6) is 0.235. The van der Waals surface area contributed by atoms with Crippen LogP contribution >= 0.6 is 0 Å². The molecule has 2 rings (SSSR count). The predicted octanol–water partition coefficient (Wildman–Crippen LogP) is 0.799. The standard InChI is InChI=1S/C11H15N3O/c1-14-8-9(7-13-14)4-5-12-10-2-3-11(15)6-10/h6-8,12H,2-5H2,1H3. The lowest BCUT2D eigenvalue weighted by atomic mass is 10.2. The molecule has 15 heavy (non-hydrogen) atoms. The highest BCUT2D eigenvalue weighted by atomic mass is 16.1. The lowest BCUT2D eigenvalue weighted by Gasteiger charge is -2.04. The Morgan fingerprint density at radius 3 is 3.00 bits per heavy atom. The van der Waals surface area contributed by atoms with E-state index in [0.717, 1.165) is 25.1 Å². The number of allylic oxidation sites excluding steroid dienone is 2. The molecule has 1 aromatic heterocycles. The van der Waals surface area contributed by atoms with Gasteiger partial charge in [0.15, 0.2) is 5.78 Å². The first-order chi connectivity index (χ1) is 7.24. The monoisotopic (exact) mass is 205 g/mol. The van der Waals surface area contributed by atoms with E-state index >= 15 is 0 Å². The Labute approximate surface area is 89.0 Å². The minimum absolute atomic E-state index is 0.235. The summed E-state index contributed by atoms with van der Waals surface area (Å²) in [6.45, 7) is 0.866. The molecule has 0 bridgehead atoms. The number of hydrogen-bond acceptors (Lipinski definition) is 3. The van der Waals surface area contributed by atoms with E-state index in [1.54, 1.807) is 10.8 Å². The van der Waals surface area contributed by atoms with Gasteiger partial charge in [-0.05, 0) is 18.4 Å². The number of nitrogens with one attached hydrogen (secondary N) is 1. The van der Waals surface area contributed by atoms with Crippen LogP contribution in [-0.4, -0.2) is 22.1 Å². The van der Waals surface area contributed by atoms with Crippen molar-refractivity contribution in [3.05, 3.63) is 29.7 Å². The summed E-state index contributed by atoms with van der Waals surface area (Å²) in [4.78, 5) is 11.0. The third kappa shape index (κ3) is 2.68. The molecule has 4 heteroatoms. The summed E-state index contributed by atoms with van der Waals surface area (Å²) in [5.41, 5.74) is 2.29. The van der Waals surface area contributed by atoms with E-state index in [4.69, 9.17) is 0 Å². The molecule has 0 unspecified atom stereocenters. The highest BCUT2D eigenvalue weighted by Crippen LogP contribution is 2.11. The van der Waals surface area contributed by atoms with Gasteiger partial charge in [-0.1, -0.05) is 0 Å². The molecule has 0 spiro atoms. The van der Waals surface area contributed by atoms with Crippen LogP contribution in [0.4, 0.5) is 0 Å². The van der Waals surface area contributed by atoms with Crippen LogP contribution in [0.15, 0.2) is 24.2 Å². The maximum absolute atomic E-state index is 11.0. The van der Waals surface area contributed by atoms with Gasteiger partial charge in [0.25, 0.3) is 0 Å². The fraction of sp³-hybridized carbons (Fsp3) is 0.455. The molecule has 0 atom stereocenters. The Morgan fingerprint density at radius 1 is 1.53 bits per heavy atom. The molecule has 0 fully saturated rings. The van der Waals surface area contributed by atoms with Gasteiger partial charge >= 0.3 is 0 Å². The van der Waals surface area contributed by atoms with Gasteiger partial charge in [0.2, 0.25) is 0 Å². The van der Waals surface area contributed by atoms with Crippen molar-refractivity contribution in [1.82, 2.24) is 15.1 Å². The van der Waals surface area contributed by atoms with E-state index in [1.807, 2.05) is 19.4 Å². The molecule has 80 valence electrons. The van der Waals surface area contributed by atoms with Gasteiger partial charge in [-0.3, -0.25) is 9.48 Å². The Bertz CT molecular complexity index is 392. The SMILES string of the molecule is Cn1cc(CCNC2=CC(=O)CC2)cn1. The van der Waals surface area contributed by atoms with Crippen LogP contribution in [0.5, 0.6) is 0 Å². The highest BCUT2D eigenvalue weighted by molar-refractivity contribution is 5.92. The Kier molecular flexibility index (Phi) is 2.85. The number of aromatic nitrogens is 2. The van der Waals surface area contributed by atoms with Gasteiger partial charge in [-0.2, -0.15) is 5.10 Å². The molecule has 0 aliphatic heterocycles. The molecule has 4 nitrogen and oxygen atoms in total. The number of rotatable bonds is 4. The van der Waals surface area contributed by atoms with Crippen molar-refractivity contribution in [2.45, 2.75) is 19.3 Å². The third-order valence-electron chi connectivity index (χ3n) is 2.50. The van der Waals surface area contributed by atoms with Crippen molar-refractivity contribution in [3.63, 3.8) is 0 Å². The first kappa shape index (κ1) is 9.96. The van der Waals surface area contributed by atoms with E-state index < -0.39 is 0 Å². The smallest absolute Gasteiger partial charge is 0.157 e. The van der Waals surface area contributed by atoms with Crippen LogP contribution in [0.1, 0.15) is 18.4 Å². The quantitative estimate of drug-likeness (QED) is 0.791. The van der Waals surface area contributed by atoms with E-state index in [0.29, 0.717) is 6.42 Å². The fourth-order valence-electron chi connectivity index (χ4n) is 1.70. The predicted molar refractivity (Wildman–Crippen MR) is 57.2 cm³/mol. The van der Waals surface area contributed by atoms with Crippen LogP contribution in [0.25, 0.3) is 0 Å². The zero-order valence-electron chi connectivity index (χ0n) is 8.86. The van der Waals surface area contributed by atoms with Crippen molar-refractivity contribution >= 4 is 5.78 Å². The minimum atomic E-state index is 0.235. The first-order valence-electron chi connectivity index (χ1n) is 5.19. The Hall–Kier alpha value is -1.58. The van der Waals surface area contributed by atoms with Gasteiger partial charge in [0.05, 0.1) is 6.20 Å². The fourth-order valence-corrected chi connectivity index (χ4v) is 1.70. The summed E-state index contributed by atoms with van der Waals surface area (Å²) < 4.78 is 1.80. The molecule has 0 amide bonds. The molecular weight excluding hydrogens is 190 g/mol. The molecule has 0 saturated carbocycles. The maximum Gasteiger partial charge on any atom is 0.157 e. The largest absolute Gasteiger partial charge is 0.388 e. The molecule has 1 aromatic rings. The average Bonchev–Trinajstić information content (AvgIpc) is 2.76. The number of carbonyl (C=O) groups excluding carboxylic acids is 1. The summed E-state index contributed by atoms with van der Waals surface area (Å²) in [7, 11) is 1.91. The highest BCUT2D eigenvalue weighted by Gasteiger charge is 2.10. The van der Waals surface area contributed by atoms with Crippen molar-refractivity contribution in [2.24, 2.45) is 7.05 Å². The third-order valence-corrected chi connectivity index (χ3v) is 2.50. The topological polar surface area (TPSA) is 46.9 Å². The van der Waals surface area contributed by atoms with Crippen LogP contribution in [0.2, 0.25) is 0 Å². The normalized spacial score (nSPS) is 15.5. The molecule has 1 aliphatic carbocycles. The lowest BCUT2D eigenvalue weighted by molar-refractivity contribution is -0.114. The second kappa shape index (κ2) is 4.29. The van der Waals surface area contributed by atoms with Crippen molar-refractivity contribution < 1.29 is 4.79 Å². The van der Waals surface area contributed by atoms with Crippen molar-refractivity contribution in [3.8, 4) is 0 Å². The van der Waals surface area contributed by atoms with Crippen LogP contribution in [0, 0.1) is 0 Å². The first-order valence-corrected chi connectivity index (χ1v) is 5.19. The van der Waals surface area contributed by atoms with Gasteiger partial charge in [-0.25, -0.2) is 0 Å². The molecule has 1 aliphatic rings. The molecule has 0 saturated heterocycles. The maximum atomic E-state index is 11.0. The Morgan fingerprint density at radius 2 is 2.40 bits per heavy atom. The van der Waals surface area contributed by atoms with Gasteiger partial charge < -0.3 is 5.32 Å². The molecule has 1 N–H and O–H groups in total. The van der Waals surface area contributed by atoms with Crippen LogP contribution < -0.4 is 5.32 Å². The minimum Gasteiger partial charge on any atom is -0.388 e. The van der Waals surface area contributed by atoms with E-state index in [2.05, 4.69) is 10.4 Å². The number of carbonyl (C=O) groups is 1. The number of hydrogen-bond donors (Lipinski definition) is 1. The number of nitrogens with zero attached hydrogens (tertiary/aromatic N) is 2. The van der Waals surface area contributed by atoms with E-state index in [-0.39, 0.29) is 5.78 Å². The van der Waals surface area contributed by atoms with Crippen LogP contribution in [-0.2, 0) is 18.3 Å². The molecular formula is C11H15N3O. The summed E-state index contributed by atoms with van der Waals surface area (Å²) in [6, 6.07) is 0. The van der Waals surface area contributed by atoms with E-state index in [9.17, 15) is 4.79 Å². The average molecular weight is 205 g/mol. The summed E-state index contributed by atoms with van der Waals surface area (Å²) in [6.07, 6.45) is 8.06. The second-order valence-corrected chi connectivity index (χ2v) is 3.83. The summed E-state index contributed by atoms with van der Waals surface area (Å²) >= 11 is 0. The Balaban J connectivity index is 1.75. The molecule has 1 heterocycles. The van der Waals surface area contributed by atoms with Gasteiger partial charge in [-0.15, -0.1) is 0 Å². The molecule has 0 aromatic carbocycles. The molecule has 0 radical (unpaired) electrons. The van der Waals surface area contributed by atoms with Gasteiger partial charge in [0.1, 0.15) is 0 Å². The second-order valence-electron chi connectivity index (χ2n) is 3.83. The number of ketones is 1. The zero-order chi connectivity index (χ0) is 10.7. The van der Waals surface area contributed by atoms with Crippen LogP contribution in [0.3, 0.4) is 0 Å². The van der Waals surface area contributed by atoms with Gasteiger partial charge in [0, 0.05) is 38.0 Å². The lowest BCUT2D eigenvalue weighted by Crippen LogP contribution is -2.15. The van der Waals surface area contributed by atoms with E-state index in [1.165, 1.54) is 5.56 Å². The number of aryl methyl sites for hydroxylation is 1. The zero-order valence-corrected chi connectivity index (χ0v) is 8.86. The van der Waals surface area contributed by atoms with Crippen molar-refractivity contribution in [2.75, 3.05) is 6.54 Å². The van der Waals surface area contributed by atoms with Crippen molar-refractivity contribution in [1.29, 1.82) is 0 Å². The summed E-state index contributed by atoms with van der Waals surface area (Å²) in [5, 5.41) is 7.37.